The highest BCUT2D eigenvalue weighted by molar-refractivity contribution is 14.1. The Kier molecular flexibility index (Phi) is 3.27. The molecule has 2 saturated heterocycles. The van der Waals surface area contributed by atoms with Crippen LogP contribution in [0.2, 0.25) is 0 Å². The number of carbonyl (C=O) groups excluding carboxylic acids is 3. The lowest BCUT2D eigenvalue weighted by molar-refractivity contribution is -0.128. The average molecular weight is 384 g/mol. The zero-order valence-electron chi connectivity index (χ0n) is 10.7. The fourth-order valence-corrected chi connectivity index (χ4v) is 3.49. The molecule has 1 unspecified atom stereocenters. The standard InChI is InChI=1S/C14H13IN2O3/c15-10-4-2-1-3-9(10)12(19)17-6-5-14(8-17)7-11(18)16-13(14)20/h1-4H,5-8H2,(H,16,18,20). The molecular formula is C14H13IN2O3. The molecule has 3 amide bonds. The number of hydrogen-bond donors (Lipinski definition) is 1. The Balaban J connectivity index is 1.81. The number of likely N-dealkylation sites (tertiary alicyclic amines) is 1. The number of hydrogen-bond acceptors (Lipinski definition) is 3. The van der Waals surface area contributed by atoms with E-state index in [-0.39, 0.29) is 24.1 Å². The minimum atomic E-state index is -0.701. The van der Waals surface area contributed by atoms with Crippen LogP contribution in [0.15, 0.2) is 24.3 Å². The molecular weight excluding hydrogens is 371 g/mol. The van der Waals surface area contributed by atoms with Gasteiger partial charge in [0.15, 0.2) is 0 Å². The molecule has 1 spiro atoms. The van der Waals surface area contributed by atoms with Gasteiger partial charge in [-0.2, -0.15) is 0 Å². The van der Waals surface area contributed by atoms with Gasteiger partial charge >= 0.3 is 0 Å². The van der Waals surface area contributed by atoms with E-state index < -0.39 is 5.41 Å². The first-order valence-electron chi connectivity index (χ1n) is 6.40. The van der Waals surface area contributed by atoms with Crippen LogP contribution in [0.3, 0.4) is 0 Å². The number of carbonyl (C=O) groups is 3. The van der Waals surface area contributed by atoms with Crippen LogP contribution in [0.25, 0.3) is 0 Å². The van der Waals surface area contributed by atoms with Crippen molar-refractivity contribution < 1.29 is 14.4 Å². The molecule has 2 aliphatic heterocycles. The van der Waals surface area contributed by atoms with Crippen LogP contribution >= 0.6 is 22.6 Å². The van der Waals surface area contributed by atoms with Crippen LogP contribution in [-0.2, 0) is 9.59 Å². The molecule has 3 rings (SSSR count). The number of halogens is 1. The van der Waals surface area contributed by atoms with Crippen molar-refractivity contribution in [3.8, 4) is 0 Å². The Labute approximate surface area is 129 Å². The lowest BCUT2D eigenvalue weighted by atomic mass is 9.85. The lowest BCUT2D eigenvalue weighted by Gasteiger charge is -2.20. The molecule has 0 aliphatic carbocycles. The Morgan fingerprint density at radius 1 is 1.30 bits per heavy atom. The number of benzene rings is 1. The molecule has 0 aromatic heterocycles. The average Bonchev–Trinajstić information content (AvgIpc) is 2.95. The number of nitrogens with zero attached hydrogens (tertiary/aromatic N) is 1. The predicted molar refractivity (Wildman–Crippen MR) is 79.9 cm³/mol. The van der Waals surface area contributed by atoms with E-state index in [2.05, 4.69) is 27.9 Å². The number of rotatable bonds is 1. The van der Waals surface area contributed by atoms with Gasteiger partial charge in [0.05, 0.1) is 11.0 Å². The summed E-state index contributed by atoms with van der Waals surface area (Å²) in [5.74, 6) is -0.543. The summed E-state index contributed by atoms with van der Waals surface area (Å²) in [6, 6.07) is 7.38. The minimum absolute atomic E-state index is 0.0703. The molecule has 2 heterocycles. The monoisotopic (exact) mass is 384 g/mol. The normalized spacial score (nSPS) is 25.4. The number of imide groups is 1. The number of amides is 3. The van der Waals surface area contributed by atoms with Gasteiger partial charge in [-0.25, -0.2) is 0 Å². The summed E-state index contributed by atoms with van der Waals surface area (Å²) in [4.78, 5) is 37.5. The summed E-state index contributed by atoms with van der Waals surface area (Å²) >= 11 is 2.13. The molecule has 1 aromatic rings. The zero-order chi connectivity index (χ0) is 14.3. The van der Waals surface area contributed by atoms with Crippen molar-refractivity contribution in [3.05, 3.63) is 33.4 Å². The highest BCUT2D eigenvalue weighted by Crippen LogP contribution is 2.38. The van der Waals surface area contributed by atoms with Crippen LogP contribution in [0.5, 0.6) is 0 Å². The smallest absolute Gasteiger partial charge is 0.254 e. The predicted octanol–water partition coefficient (Wildman–Crippen LogP) is 1.17. The minimum Gasteiger partial charge on any atom is -0.337 e. The lowest BCUT2D eigenvalue weighted by Crippen LogP contribution is -2.36. The van der Waals surface area contributed by atoms with Gasteiger partial charge in [-0.1, -0.05) is 12.1 Å². The number of nitrogens with one attached hydrogen (secondary N) is 1. The largest absolute Gasteiger partial charge is 0.337 e. The van der Waals surface area contributed by atoms with Crippen molar-refractivity contribution in [3.63, 3.8) is 0 Å². The topological polar surface area (TPSA) is 66.5 Å². The molecule has 0 radical (unpaired) electrons. The van der Waals surface area contributed by atoms with Gasteiger partial charge in [-0.15, -0.1) is 0 Å². The molecule has 0 bridgehead atoms. The van der Waals surface area contributed by atoms with Crippen LogP contribution in [0.4, 0.5) is 0 Å². The van der Waals surface area contributed by atoms with E-state index in [1.54, 1.807) is 11.0 Å². The highest BCUT2D eigenvalue weighted by atomic mass is 127. The van der Waals surface area contributed by atoms with E-state index in [0.29, 0.717) is 25.1 Å². The SMILES string of the molecule is O=C1CC2(CCN(C(=O)c3ccccc3I)C2)C(=O)N1. The summed E-state index contributed by atoms with van der Waals surface area (Å²) in [6.45, 7) is 0.846. The van der Waals surface area contributed by atoms with Crippen molar-refractivity contribution in [2.75, 3.05) is 13.1 Å². The van der Waals surface area contributed by atoms with E-state index in [4.69, 9.17) is 0 Å². The van der Waals surface area contributed by atoms with Crippen LogP contribution in [-0.4, -0.2) is 35.7 Å². The summed E-state index contributed by atoms with van der Waals surface area (Å²) in [5.41, 5.74) is -0.0534. The molecule has 5 nitrogen and oxygen atoms in total. The summed E-state index contributed by atoms with van der Waals surface area (Å²) < 4.78 is 0.892. The van der Waals surface area contributed by atoms with Crippen molar-refractivity contribution in [2.24, 2.45) is 5.41 Å². The molecule has 20 heavy (non-hydrogen) atoms. The van der Waals surface area contributed by atoms with Crippen LogP contribution in [0, 0.1) is 8.99 Å². The first kappa shape index (κ1) is 13.5. The van der Waals surface area contributed by atoms with E-state index in [9.17, 15) is 14.4 Å². The third-order valence-corrected chi connectivity index (χ3v) is 4.92. The Bertz CT molecular complexity index is 616. The molecule has 1 aromatic carbocycles. The fourth-order valence-electron chi connectivity index (χ4n) is 2.87. The van der Waals surface area contributed by atoms with E-state index in [1.807, 2.05) is 18.2 Å². The van der Waals surface area contributed by atoms with Crippen molar-refractivity contribution in [1.29, 1.82) is 0 Å². The van der Waals surface area contributed by atoms with E-state index in [0.717, 1.165) is 3.57 Å². The van der Waals surface area contributed by atoms with Crippen molar-refractivity contribution in [1.82, 2.24) is 10.2 Å². The molecule has 6 heteroatoms. The van der Waals surface area contributed by atoms with Gasteiger partial charge < -0.3 is 4.90 Å². The second-order valence-corrected chi connectivity index (χ2v) is 6.45. The quantitative estimate of drug-likeness (QED) is 0.584. The zero-order valence-corrected chi connectivity index (χ0v) is 12.8. The van der Waals surface area contributed by atoms with Crippen LogP contribution < -0.4 is 5.32 Å². The summed E-state index contributed by atoms with van der Waals surface area (Å²) in [5, 5.41) is 2.34. The van der Waals surface area contributed by atoms with Crippen molar-refractivity contribution >= 4 is 40.3 Å². The maximum absolute atomic E-state index is 12.5. The summed E-state index contributed by atoms with van der Waals surface area (Å²) in [7, 11) is 0. The van der Waals surface area contributed by atoms with E-state index in [1.165, 1.54) is 0 Å². The third-order valence-electron chi connectivity index (χ3n) is 3.98. The second kappa shape index (κ2) is 4.83. The molecule has 104 valence electrons. The first-order chi connectivity index (χ1) is 9.52. The van der Waals surface area contributed by atoms with Gasteiger partial charge in [0, 0.05) is 23.1 Å². The maximum atomic E-state index is 12.5. The molecule has 1 atom stereocenters. The van der Waals surface area contributed by atoms with Gasteiger partial charge in [-0.05, 0) is 41.1 Å². The van der Waals surface area contributed by atoms with Crippen molar-refractivity contribution in [2.45, 2.75) is 12.8 Å². The van der Waals surface area contributed by atoms with Gasteiger partial charge in [-0.3, -0.25) is 19.7 Å². The second-order valence-electron chi connectivity index (χ2n) is 5.29. The Morgan fingerprint density at radius 3 is 2.70 bits per heavy atom. The highest BCUT2D eigenvalue weighted by Gasteiger charge is 2.51. The molecule has 0 saturated carbocycles. The summed E-state index contributed by atoms with van der Waals surface area (Å²) in [6.07, 6.45) is 0.751. The Hall–Kier alpha value is -1.44. The van der Waals surface area contributed by atoms with Crippen LogP contribution in [0.1, 0.15) is 23.2 Å². The molecule has 2 aliphatic rings. The first-order valence-corrected chi connectivity index (χ1v) is 7.48. The van der Waals surface area contributed by atoms with Gasteiger partial charge in [0.25, 0.3) is 5.91 Å². The Morgan fingerprint density at radius 2 is 2.05 bits per heavy atom. The third kappa shape index (κ3) is 2.11. The van der Waals surface area contributed by atoms with E-state index >= 15 is 0 Å². The maximum Gasteiger partial charge on any atom is 0.254 e. The molecule has 2 fully saturated rings. The molecule has 1 N–H and O–H groups in total. The van der Waals surface area contributed by atoms with Gasteiger partial charge in [0.2, 0.25) is 11.8 Å². The van der Waals surface area contributed by atoms with Gasteiger partial charge in [0.1, 0.15) is 0 Å². The fraction of sp³-hybridized carbons (Fsp3) is 0.357.